The summed E-state index contributed by atoms with van der Waals surface area (Å²) >= 11 is 0. The molecular weight excluding hydrogens is 222 g/mol. The average Bonchev–Trinajstić information content (AvgIpc) is 3.23. The summed E-state index contributed by atoms with van der Waals surface area (Å²) < 4.78 is 0. The standard InChI is InChI=1S/C15H25N3/c1-3-11-18(12-8-9-12)15(13(16)4-2)14-7-5-6-10-17-14/h5-7,10,12-13,15H,3-4,8-9,11,16H2,1-2H3. The molecule has 1 aromatic rings. The molecule has 0 aromatic carbocycles. The number of hydrogen-bond donors (Lipinski definition) is 1. The fourth-order valence-corrected chi connectivity index (χ4v) is 2.62. The molecule has 1 heterocycles. The van der Waals surface area contributed by atoms with Crippen molar-refractivity contribution in [2.75, 3.05) is 6.54 Å². The summed E-state index contributed by atoms with van der Waals surface area (Å²) in [7, 11) is 0. The minimum atomic E-state index is 0.173. The van der Waals surface area contributed by atoms with Crippen molar-refractivity contribution in [3.05, 3.63) is 30.1 Å². The van der Waals surface area contributed by atoms with Crippen LogP contribution in [0.15, 0.2) is 24.4 Å². The molecule has 0 spiro atoms. The maximum Gasteiger partial charge on any atom is 0.0675 e. The molecule has 1 aliphatic carbocycles. The molecule has 0 radical (unpaired) electrons. The summed E-state index contributed by atoms with van der Waals surface area (Å²) in [6, 6.07) is 7.34. The largest absolute Gasteiger partial charge is 0.326 e. The van der Waals surface area contributed by atoms with Crippen molar-refractivity contribution in [3.63, 3.8) is 0 Å². The van der Waals surface area contributed by atoms with Gasteiger partial charge in [0, 0.05) is 18.3 Å². The van der Waals surface area contributed by atoms with Crippen LogP contribution >= 0.6 is 0 Å². The number of nitrogens with two attached hydrogens (primary N) is 1. The van der Waals surface area contributed by atoms with Crippen molar-refractivity contribution < 1.29 is 0 Å². The molecule has 2 N–H and O–H groups in total. The monoisotopic (exact) mass is 247 g/mol. The van der Waals surface area contributed by atoms with Crippen LogP contribution in [0.2, 0.25) is 0 Å². The van der Waals surface area contributed by atoms with E-state index in [-0.39, 0.29) is 12.1 Å². The third-order valence-corrected chi connectivity index (χ3v) is 3.72. The lowest BCUT2D eigenvalue weighted by Gasteiger charge is -2.35. The lowest BCUT2D eigenvalue weighted by Crippen LogP contribution is -2.42. The number of pyridine rings is 1. The summed E-state index contributed by atoms with van der Waals surface area (Å²) in [6.07, 6.45) is 6.69. The molecule has 1 saturated carbocycles. The van der Waals surface area contributed by atoms with Gasteiger partial charge in [-0.15, -0.1) is 0 Å². The Morgan fingerprint density at radius 3 is 2.67 bits per heavy atom. The second-order valence-corrected chi connectivity index (χ2v) is 5.24. The van der Waals surface area contributed by atoms with E-state index in [1.165, 1.54) is 19.3 Å². The highest BCUT2D eigenvalue weighted by atomic mass is 15.2. The van der Waals surface area contributed by atoms with Gasteiger partial charge in [0.05, 0.1) is 11.7 Å². The SMILES string of the molecule is CCCN(C1CC1)C(c1ccccn1)C(N)CC. The first-order valence-corrected chi connectivity index (χ1v) is 7.20. The lowest BCUT2D eigenvalue weighted by atomic mass is 10.00. The van der Waals surface area contributed by atoms with E-state index in [2.05, 4.69) is 35.9 Å². The second kappa shape index (κ2) is 6.30. The van der Waals surface area contributed by atoms with Crippen LogP contribution in [-0.2, 0) is 0 Å². The van der Waals surface area contributed by atoms with Gasteiger partial charge in [-0.05, 0) is 44.4 Å². The molecule has 1 aliphatic rings. The molecule has 2 rings (SSSR count). The van der Waals surface area contributed by atoms with Gasteiger partial charge in [-0.3, -0.25) is 9.88 Å². The first-order chi connectivity index (χ1) is 8.77. The molecule has 0 saturated heterocycles. The topological polar surface area (TPSA) is 42.2 Å². The fourth-order valence-electron chi connectivity index (χ4n) is 2.62. The summed E-state index contributed by atoms with van der Waals surface area (Å²) in [4.78, 5) is 7.12. The van der Waals surface area contributed by atoms with Crippen molar-refractivity contribution in [2.45, 2.75) is 57.7 Å². The van der Waals surface area contributed by atoms with E-state index >= 15 is 0 Å². The van der Waals surface area contributed by atoms with Crippen LogP contribution in [0.25, 0.3) is 0 Å². The highest BCUT2D eigenvalue weighted by Crippen LogP contribution is 2.35. The van der Waals surface area contributed by atoms with Gasteiger partial charge in [-0.2, -0.15) is 0 Å². The molecule has 3 nitrogen and oxygen atoms in total. The maximum absolute atomic E-state index is 6.36. The quantitative estimate of drug-likeness (QED) is 0.805. The smallest absolute Gasteiger partial charge is 0.0675 e. The molecule has 0 amide bonds. The van der Waals surface area contributed by atoms with Gasteiger partial charge in [0.1, 0.15) is 0 Å². The van der Waals surface area contributed by atoms with Gasteiger partial charge in [0.2, 0.25) is 0 Å². The number of rotatable bonds is 7. The number of hydrogen-bond acceptors (Lipinski definition) is 3. The molecule has 0 aliphatic heterocycles. The Kier molecular flexibility index (Phi) is 4.72. The van der Waals surface area contributed by atoms with Crippen LogP contribution in [0.1, 0.15) is 51.3 Å². The van der Waals surface area contributed by atoms with E-state index in [0.29, 0.717) is 0 Å². The van der Waals surface area contributed by atoms with Gasteiger partial charge in [0.25, 0.3) is 0 Å². The first-order valence-electron chi connectivity index (χ1n) is 7.20. The number of nitrogens with zero attached hydrogens (tertiary/aromatic N) is 2. The van der Waals surface area contributed by atoms with E-state index in [0.717, 1.165) is 24.7 Å². The van der Waals surface area contributed by atoms with E-state index in [1.54, 1.807) is 0 Å². The number of aromatic nitrogens is 1. The van der Waals surface area contributed by atoms with E-state index in [4.69, 9.17) is 5.73 Å². The summed E-state index contributed by atoms with van der Waals surface area (Å²) in [5, 5.41) is 0. The highest BCUT2D eigenvalue weighted by Gasteiger charge is 2.36. The summed E-state index contributed by atoms with van der Waals surface area (Å²) in [5.41, 5.74) is 7.50. The third kappa shape index (κ3) is 3.09. The van der Waals surface area contributed by atoms with E-state index in [9.17, 15) is 0 Å². The zero-order chi connectivity index (χ0) is 13.0. The first kappa shape index (κ1) is 13.5. The fraction of sp³-hybridized carbons (Fsp3) is 0.667. The van der Waals surface area contributed by atoms with Crippen molar-refractivity contribution in [1.29, 1.82) is 0 Å². The molecule has 0 bridgehead atoms. The van der Waals surface area contributed by atoms with Gasteiger partial charge in [-0.25, -0.2) is 0 Å². The predicted octanol–water partition coefficient (Wildman–Crippen LogP) is 2.73. The molecule has 100 valence electrons. The minimum Gasteiger partial charge on any atom is -0.326 e. The van der Waals surface area contributed by atoms with Crippen LogP contribution in [0, 0.1) is 0 Å². The molecule has 2 atom stereocenters. The minimum absolute atomic E-state index is 0.173. The van der Waals surface area contributed by atoms with Gasteiger partial charge < -0.3 is 5.73 Å². The van der Waals surface area contributed by atoms with E-state index in [1.807, 2.05) is 12.3 Å². The predicted molar refractivity (Wildman–Crippen MR) is 75.3 cm³/mol. The molecular formula is C15H25N3. The van der Waals surface area contributed by atoms with E-state index < -0.39 is 0 Å². The van der Waals surface area contributed by atoms with Crippen LogP contribution in [0.5, 0.6) is 0 Å². The average molecular weight is 247 g/mol. The van der Waals surface area contributed by atoms with Crippen molar-refractivity contribution in [1.82, 2.24) is 9.88 Å². The summed E-state index contributed by atoms with van der Waals surface area (Å²) in [6.45, 7) is 5.53. The summed E-state index contributed by atoms with van der Waals surface area (Å²) in [5.74, 6) is 0. The van der Waals surface area contributed by atoms with Crippen molar-refractivity contribution >= 4 is 0 Å². The Bertz CT molecular complexity index is 348. The van der Waals surface area contributed by atoms with Gasteiger partial charge in [-0.1, -0.05) is 19.9 Å². The Morgan fingerprint density at radius 2 is 2.17 bits per heavy atom. The Balaban J connectivity index is 2.23. The molecule has 3 heteroatoms. The highest BCUT2D eigenvalue weighted by molar-refractivity contribution is 5.13. The van der Waals surface area contributed by atoms with Gasteiger partial charge in [0.15, 0.2) is 0 Å². The zero-order valence-electron chi connectivity index (χ0n) is 11.5. The second-order valence-electron chi connectivity index (χ2n) is 5.24. The molecule has 1 aromatic heterocycles. The van der Waals surface area contributed by atoms with Crippen molar-refractivity contribution in [3.8, 4) is 0 Å². The zero-order valence-corrected chi connectivity index (χ0v) is 11.5. The molecule has 18 heavy (non-hydrogen) atoms. The van der Waals surface area contributed by atoms with Crippen molar-refractivity contribution in [2.24, 2.45) is 5.73 Å². The normalized spacial score (nSPS) is 18.9. The van der Waals surface area contributed by atoms with Gasteiger partial charge >= 0.3 is 0 Å². The van der Waals surface area contributed by atoms with Crippen LogP contribution < -0.4 is 5.73 Å². The van der Waals surface area contributed by atoms with Crippen LogP contribution in [0.4, 0.5) is 0 Å². The van der Waals surface area contributed by atoms with Crippen LogP contribution in [-0.4, -0.2) is 28.5 Å². The van der Waals surface area contributed by atoms with Crippen LogP contribution in [0.3, 0.4) is 0 Å². The maximum atomic E-state index is 6.36. The molecule has 1 fully saturated rings. The Labute approximate surface area is 110 Å². The molecule has 2 unspecified atom stereocenters. The third-order valence-electron chi connectivity index (χ3n) is 3.72. The lowest BCUT2D eigenvalue weighted by molar-refractivity contribution is 0.156. The Hall–Kier alpha value is -0.930. The Morgan fingerprint density at radius 1 is 1.39 bits per heavy atom.